The van der Waals surface area contributed by atoms with Gasteiger partial charge in [-0.15, -0.1) is 0 Å². The fourth-order valence-corrected chi connectivity index (χ4v) is 1.73. The van der Waals surface area contributed by atoms with E-state index < -0.39 is 11.7 Å². The lowest BCUT2D eigenvalue weighted by molar-refractivity contribution is -0.137. The lowest BCUT2D eigenvalue weighted by Gasteiger charge is -2.14. The van der Waals surface area contributed by atoms with Crippen LogP contribution in [0.2, 0.25) is 0 Å². The molecule has 0 bridgehead atoms. The molecule has 1 aromatic rings. The molecule has 96 valence electrons. The van der Waals surface area contributed by atoms with Crippen LogP contribution in [0.5, 0.6) is 0 Å². The molecule has 4 heteroatoms. The lowest BCUT2D eigenvalue weighted by atomic mass is 9.99. The van der Waals surface area contributed by atoms with E-state index in [9.17, 15) is 13.2 Å². The van der Waals surface area contributed by atoms with Gasteiger partial charge in [-0.3, -0.25) is 0 Å². The van der Waals surface area contributed by atoms with Gasteiger partial charge in [0.25, 0.3) is 0 Å². The summed E-state index contributed by atoms with van der Waals surface area (Å²) in [5.41, 5.74) is 5.82. The maximum absolute atomic E-state index is 12.5. The fourth-order valence-electron chi connectivity index (χ4n) is 1.73. The molecule has 0 aliphatic carbocycles. The van der Waals surface area contributed by atoms with Crippen molar-refractivity contribution in [1.82, 2.24) is 0 Å². The molecular weight excluding hydrogens is 227 g/mol. The van der Waals surface area contributed by atoms with Crippen LogP contribution >= 0.6 is 0 Å². The number of alkyl halides is 3. The van der Waals surface area contributed by atoms with Crippen LogP contribution in [0.3, 0.4) is 0 Å². The SMILES string of the molecule is CCCCCC(N)c1cccc(C(F)(F)F)c1. The van der Waals surface area contributed by atoms with Crippen LogP contribution in [0.15, 0.2) is 24.3 Å². The van der Waals surface area contributed by atoms with Crippen LogP contribution < -0.4 is 5.73 Å². The number of unbranched alkanes of at least 4 members (excludes halogenated alkanes) is 2. The van der Waals surface area contributed by atoms with Gasteiger partial charge in [0.05, 0.1) is 5.56 Å². The Kier molecular flexibility index (Phi) is 5.00. The number of benzene rings is 1. The third-order valence-electron chi connectivity index (χ3n) is 2.76. The molecule has 0 radical (unpaired) electrons. The Morgan fingerprint density at radius 1 is 1.24 bits per heavy atom. The average molecular weight is 245 g/mol. The first kappa shape index (κ1) is 14.0. The summed E-state index contributed by atoms with van der Waals surface area (Å²) in [5.74, 6) is 0. The molecule has 1 nitrogen and oxygen atoms in total. The van der Waals surface area contributed by atoms with Crippen LogP contribution in [0.1, 0.15) is 49.8 Å². The minimum Gasteiger partial charge on any atom is -0.324 e. The zero-order chi connectivity index (χ0) is 12.9. The summed E-state index contributed by atoms with van der Waals surface area (Å²) in [6.07, 6.45) is -0.468. The first-order chi connectivity index (χ1) is 7.95. The van der Waals surface area contributed by atoms with Crippen molar-refractivity contribution in [1.29, 1.82) is 0 Å². The second-order valence-electron chi connectivity index (χ2n) is 4.23. The van der Waals surface area contributed by atoms with Gasteiger partial charge in [-0.2, -0.15) is 13.2 Å². The van der Waals surface area contributed by atoms with Gasteiger partial charge < -0.3 is 5.73 Å². The van der Waals surface area contributed by atoms with Gasteiger partial charge in [-0.05, 0) is 24.1 Å². The van der Waals surface area contributed by atoms with Crippen molar-refractivity contribution < 1.29 is 13.2 Å². The molecular formula is C13H18F3N. The van der Waals surface area contributed by atoms with Crippen LogP contribution in [-0.2, 0) is 6.18 Å². The molecule has 1 rings (SSSR count). The van der Waals surface area contributed by atoms with Crippen LogP contribution in [-0.4, -0.2) is 0 Å². The van der Waals surface area contributed by atoms with Crippen molar-refractivity contribution in [3.8, 4) is 0 Å². The molecule has 0 aromatic heterocycles. The zero-order valence-electron chi connectivity index (χ0n) is 9.93. The molecule has 1 aromatic carbocycles. The van der Waals surface area contributed by atoms with Gasteiger partial charge in [0.15, 0.2) is 0 Å². The maximum atomic E-state index is 12.5. The lowest BCUT2D eigenvalue weighted by Crippen LogP contribution is -2.12. The second kappa shape index (κ2) is 6.05. The summed E-state index contributed by atoms with van der Waals surface area (Å²) in [6, 6.07) is 4.99. The Morgan fingerprint density at radius 3 is 2.53 bits per heavy atom. The topological polar surface area (TPSA) is 26.0 Å². The predicted molar refractivity (Wildman–Crippen MR) is 62.5 cm³/mol. The van der Waals surface area contributed by atoms with E-state index >= 15 is 0 Å². The van der Waals surface area contributed by atoms with Crippen molar-refractivity contribution in [3.63, 3.8) is 0 Å². The van der Waals surface area contributed by atoms with E-state index in [4.69, 9.17) is 5.73 Å². The van der Waals surface area contributed by atoms with E-state index in [1.165, 1.54) is 6.07 Å². The summed E-state index contributed by atoms with van der Waals surface area (Å²) in [4.78, 5) is 0. The summed E-state index contributed by atoms with van der Waals surface area (Å²) >= 11 is 0. The number of hydrogen-bond acceptors (Lipinski definition) is 1. The Bertz CT molecular complexity index is 347. The summed E-state index contributed by atoms with van der Waals surface area (Å²) in [7, 11) is 0. The molecule has 0 spiro atoms. The predicted octanol–water partition coefficient (Wildman–Crippen LogP) is 4.29. The van der Waals surface area contributed by atoms with Crippen molar-refractivity contribution in [2.75, 3.05) is 0 Å². The largest absolute Gasteiger partial charge is 0.416 e. The molecule has 0 saturated heterocycles. The van der Waals surface area contributed by atoms with Gasteiger partial charge in [-0.1, -0.05) is 38.3 Å². The smallest absolute Gasteiger partial charge is 0.324 e. The third kappa shape index (κ3) is 4.38. The van der Waals surface area contributed by atoms with Crippen LogP contribution in [0, 0.1) is 0 Å². The normalized spacial score (nSPS) is 13.7. The maximum Gasteiger partial charge on any atom is 0.416 e. The molecule has 0 aliphatic rings. The highest BCUT2D eigenvalue weighted by Gasteiger charge is 2.30. The van der Waals surface area contributed by atoms with E-state index in [1.54, 1.807) is 6.07 Å². The fraction of sp³-hybridized carbons (Fsp3) is 0.538. The first-order valence-corrected chi connectivity index (χ1v) is 5.88. The monoisotopic (exact) mass is 245 g/mol. The van der Waals surface area contributed by atoms with E-state index in [0.29, 0.717) is 5.56 Å². The number of nitrogens with two attached hydrogens (primary N) is 1. The van der Waals surface area contributed by atoms with Gasteiger partial charge in [0, 0.05) is 6.04 Å². The van der Waals surface area contributed by atoms with E-state index in [2.05, 4.69) is 6.92 Å². The number of hydrogen-bond donors (Lipinski definition) is 1. The van der Waals surface area contributed by atoms with Crippen molar-refractivity contribution in [2.45, 2.75) is 44.8 Å². The Hall–Kier alpha value is -1.03. The minimum absolute atomic E-state index is 0.302. The highest BCUT2D eigenvalue weighted by Crippen LogP contribution is 2.31. The van der Waals surface area contributed by atoms with Crippen molar-refractivity contribution >= 4 is 0 Å². The van der Waals surface area contributed by atoms with Gasteiger partial charge >= 0.3 is 6.18 Å². The second-order valence-corrected chi connectivity index (χ2v) is 4.23. The standard InChI is InChI=1S/C13H18F3N/c1-2-3-4-8-12(17)10-6-5-7-11(9-10)13(14,15)16/h5-7,9,12H,2-4,8,17H2,1H3. The molecule has 0 saturated carbocycles. The van der Waals surface area contributed by atoms with Crippen molar-refractivity contribution in [2.24, 2.45) is 5.73 Å². The summed E-state index contributed by atoms with van der Waals surface area (Å²) in [5, 5.41) is 0. The third-order valence-corrected chi connectivity index (χ3v) is 2.76. The minimum atomic E-state index is -4.29. The van der Waals surface area contributed by atoms with E-state index in [1.807, 2.05) is 0 Å². The summed E-state index contributed by atoms with van der Waals surface area (Å²) in [6.45, 7) is 2.08. The molecule has 1 unspecified atom stereocenters. The first-order valence-electron chi connectivity index (χ1n) is 5.88. The molecule has 0 heterocycles. The van der Waals surface area contributed by atoms with Gasteiger partial charge in [0.1, 0.15) is 0 Å². The number of rotatable bonds is 5. The molecule has 0 fully saturated rings. The van der Waals surface area contributed by atoms with Gasteiger partial charge in [0.2, 0.25) is 0 Å². The Morgan fingerprint density at radius 2 is 1.94 bits per heavy atom. The molecule has 0 aliphatic heterocycles. The van der Waals surface area contributed by atoms with Crippen molar-refractivity contribution in [3.05, 3.63) is 35.4 Å². The quantitative estimate of drug-likeness (QED) is 0.769. The highest BCUT2D eigenvalue weighted by molar-refractivity contribution is 5.27. The van der Waals surface area contributed by atoms with Crippen LogP contribution in [0.25, 0.3) is 0 Å². The zero-order valence-corrected chi connectivity index (χ0v) is 9.93. The summed E-state index contributed by atoms with van der Waals surface area (Å²) < 4.78 is 37.5. The molecule has 2 N–H and O–H groups in total. The molecule has 0 amide bonds. The molecule has 17 heavy (non-hydrogen) atoms. The highest BCUT2D eigenvalue weighted by atomic mass is 19.4. The van der Waals surface area contributed by atoms with Crippen LogP contribution in [0.4, 0.5) is 13.2 Å². The Labute approximate surface area is 99.8 Å². The Balaban J connectivity index is 2.71. The molecule has 1 atom stereocenters. The van der Waals surface area contributed by atoms with E-state index in [0.717, 1.165) is 37.8 Å². The average Bonchev–Trinajstić information content (AvgIpc) is 2.28. The van der Waals surface area contributed by atoms with E-state index in [-0.39, 0.29) is 6.04 Å². The van der Waals surface area contributed by atoms with Gasteiger partial charge in [-0.25, -0.2) is 0 Å². The number of halogens is 3.